The van der Waals surface area contributed by atoms with Crippen LogP contribution in [0, 0.1) is 5.92 Å². The van der Waals surface area contributed by atoms with Crippen molar-refractivity contribution in [3.63, 3.8) is 0 Å². The number of ether oxygens (including phenoxy) is 1. The summed E-state index contributed by atoms with van der Waals surface area (Å²) in [5, 5.41) is 9.77. The number of carbonyl (C=O) groups excluding carboxylic acids is 3. The summed E-state index contributed by atoms with van der Waals surface area (Å²) in [6, 6.07) is 10.8. The molecule has 1 aromatic carbocycles. The number of hydrogen-bond acceptors (Lipinski definition) is 5. The standard InChI is InChI=1S/C24H33N5O4/c1-24(2,3)33-23(32)26-14-13-25-21(30)19-11-7-15-28(17-19)22(31)20(29-16-8-12-27-29)18-9-5-4-6-10-18/h4-6,8-10,12,16,19-20H,7,11,13-15,17H2,1-3H3,(H,25,30)(H,26,32). The molecule has 33 heavy (non-hydrogen) atoms. The number of amides is 3. The number of rotatable bonds is 7. The zero-order valence-corrected chi connectivity index (χ0v) is 19.5. The van der Waals surface area contributed by atoms with Crippen LogP contribution in [0.3, 0.4) is 0 Å². The molecule has 1 aromatic heterocycles. The minimum atomic E-state index is -0.570. The van der Waals surface area contributed by atoms with Crippen molar-refractivity contribution in [2.45, 2.75) is 45.3 Å². The van der Waals surface area contributed by atoms with E-state index < -0.39 is 17.7 Å². The van der Waals surface area contributed by atoms with Crippen LogP contribution in [0.25, 0.3) is 0 Å². The van der Waals surface area contributed by atoms with Crippen LogP contribution < -0.4 is 10.6 Å². The van der Waals surface area contributed by atoms with Crippen LogP contribution in [-0.4, -0.2) is 64.4 Å². The molecule has 0 spiro atoms. The summed E-state index contributed by atoms with van der Waals surface area (Å²) in [7, 11) is 0. The van der Waals surface area contributed by atoms with Gasteiger partial charge in [0, 0.05) is 38.6 Å². The SMILES string of the molecule is CC(C)(C)OC(=O)NCCNC(=O)C1CCCN(C(=O)C(c2ccccc2)n2cccn2)C1. The second-order valence-electron chi connectivity index (χ2n) is 9.14. The quantitative estimate of drug-likeness (QED) is 0.624. The minimum absolute atomic E-state index is 0.0750. The number of nitrogens with zero attached hydrogens (tertiary/aromatic N) is 3. The lowest BCUT2D eigenvalue weighted by Gasteiger charge is -2.34. The molecule has 2 N–H and O–H groups in total. The van der Waals surface area contributed by atoms with E-state index in [9.17, 15) is 14.4 Å². The third-order valence-corrected chi connectivity index (χ3v) is 5.33. The molecule has 0 saturated carbocycles. The summed E-state index contributed by atoms with van der Waals surface area (Å²) in [5.41, 5.74) is 0.283. The number of likely N-dealkylation sites (tertiary alicyclic amines) is 1. The lowest BCUT2D eigenvalue weighted by molar-refractivity contribution is -0.137. The van der Waals surface area contributed by atoms with Gasteiger partial charge in [0.1, 0.15) is 5.60 Å². The molecule has 1 fully saturated rings. The second-order valence-corrected chi connectivity index (χ2v) is 9.14. The molecule has 9 heteroatoms. The van der Waals surface area contributed by atoms with E-state index in [0.717, 1.165) is 12.0 Å². The highest BCUT2D eigenvalue weighted by Crippen LogP contribution is 2.24. The summed E-state index contributed by atoms with van der Waals surface area (Å²) in [4.78, 5) is 39.6. The van der Waals surface area contributed by atoms with Crippen molar-refractivity contribution in [1.82, 2.24) is 25.3 Å². The van der Waals surface area contributed by atoms with E-state index in [1.165, 1.54) is 0 Å². The first kappa shape index (κ1) is 24.3. The van der Waals surface area contributed by atoms with Crippen LogP contribution in [-0.2, 0) is 14.3 Å². The van der Waals surface area contributed by atoms with Crippen molar-refractivity contribution in [3.8, 4) is 0 Å². The Balaban J connectivity index is 1.55. The van der Waals surface area contributed by atoms with Gasteiger partial charge in [-0.15, -0.1) is 0 Å². The molecule has 2 atom stereocenters. The van der Waals surface area contributed by atoms with Gasteiger partial charge in [-0.3, -0.25) is 14.3 Å². The van der Waals surface area contributed by atoms with E-state index in [1.54, 1.807) is 48.8 Å². The van der Waals surface area contributed by atoms with E-state index in [2.05, 4.69) is 15.7 Å². The first-order valence-electron chi connectivity index (χ1n) is 11.3. The normalized spacial score (nSPS) is 17.2. The fourth-order valence-electron chi connectivity index (χ4n) is 3.85. The van der Waals surface area contributed by atoms with E-state index in [-0.39, 0.29) is 24.3 Å². The summed E-state index contributed by atoms with van der Waals surface area (Å²) >= 11 is 0. The van der Waals surface area contributed by atoms with Gasteiger partial charge in [0.25, 0.3) is 5.91 Å². The Hall–Kier alpha value is -3.36. The fourth-order valence-corrected chi connectivity index (χ4v) is 3.85. The molecule has 0 radical (unpaired) electrons. The van der Waals surface area contributed by atoms with Crippen LogP contribution in [0.5, 0.6) is 0 Å². The largest absolute Gasteiger partial charge is 0.444 e. The van der Waals surface area contributed by atoms with Crippen LogP contribution in [0.4, 0.5) is 4.79 Å². The Labute approximate surface area is 194 Å². The number of alkyl carbamates (subject to hydrolysis) is 1. The number of carbonyl (C=O) groups is 3. The molecule has 178 valence electrons. The summed E-state index contributed by atoms with van der Waals surface area (Å²) in [5.74, 6) is -0.485. The maximum absolute atomic E-state index is 13.5. The highest BCUT2D eigenvalue weighted by Gasteiger charge is 2.33. The number of benzene rings is 1. The predicted molar refractivity (Wildman–Crippen MR) is 123 cm³/mol. The molecule has 0 aliphatic carbocycles. The average Bonchev–Trinajstić information content (AvgIpc) is 3.30. The van der Waals surface area contributed by atoms with E-state index in [0.29, 0.717) is 26.1 Å². The van der Waals surface area contributed by atoms with Crippen LogP contribution in [0.2, 0.25) is 0 Å². The molecule has 1 aliphatic heterocycles. The highest BCUT2D eigenvalue weighted by atomic mass is 16.6. The highest BCUT2D eigenvalue weighted by molar-refractivity contribution is 5.85. The van der Waals surface area contributed by atoms with Crippen molar-refractivity contribution >= 4 is 17.9 Å². The second kappa shape index (κ2) is 11.0. The van der Waals surface area contributed by atoms with Gasteiger partial charge in [-0.1, -0.05) is 30.3 Å². The van der Waals surface area contributed by atoms with Gasteiger partial charge in [0.2, 0.25) is 5.91 Å². The van der Waals surface area contributed by atoms with Gasteiger partial charge in [-0.25, -0.2) is 4.79 Å². The van der Waals surface area contributed by atoms with Crippen LogP contribution >= 0.6 is 0 Å². The molecule has 3 amide bonds. The van der Waals surface area contributed by atoms with Gasteiger partial charge >= 0.3 is 6.09 Å². The van der Waals surface area contributed by atoms with E-state index in [4.69, 9.17) is 4.74 Å². The van der Waals surface area contributed by atoms with Gasteiger partial charge < -0.3 is 20.3 Å². The van der Waals surface area contributed by atoms with Gasteiger partial charge in [-0.2, -0.15) is 5.10 Å². The van der Waals surface area contributed by atoms with Crippen molar-refractivity contribution < 1.29 is 19.1 Å². The zero-order valence-electron chi connectivity index (χ0n) is 19.5. The Morgan fingerprint density at radius 3 is 2.52 bits per heavy atom. The molecule has 0 bridgehead atoms. The van der Waals surface area contributed by atoms with Gasteiger partial charge in [-0.05, 0) is 45.2 Å². The van der Waals surface area contributed by atoms with Crippen molar-refractivity contribution in [2.75, 3.05) is 26.2 Å². The smallest absolute Gasteiger partial charge is 0.407 e. The molecule has 1 saturated heterocycles. The maximum atomic E-state index is 13.5. The molecule has 1 aliphatic rings. The third kappa shape index (κ3) is 7.06. The molecular weight excluding hydrogens is 422 g/mol. The van der Waals surface area contributed by atoms with Crippen LogP contribution in [0.1, 0.15) is 45.2 Å². The predicted octanol–water partition coefficient (Wildman–Crippen LogP) is 2.35. The monoisotopic (exact) mass is 455 g/mol. The van der Waals surface area contributed by atoms with Crippen LogP contribution in [0.15, 0.2) is 48.8 Å². The van der Waals surface area contributed by atoms with Gasteiger partial charge in [0.15, 0.2) is 6.04 Å². The summed E-state index contributed by atoms with van der Waals surface area (Å²) in [6.45, 7) is 6.90. The first-order chi connectivity index (χ1) is 15.7. The minimum Gasteiger partial charge on any atom is -0.444 e. The van der Waals surface area contributed by atoms with Crippen molar-refractivity contribution in [2.24, 2.45) is 5.92 Å². The molecule has 3 rings (SSSR count). The third-order valence-electron chi connectivity index (χ3n) is 5.33. The first-order valence-corrected chi connectivity index (χ1v) is 11.3. The maximum Gasteiger partial charge on any atom is 0.407 e. The zero-order chi connectivity index (χ0) is 23.8. The van der Waals surface area contributed by atoms with Crippen molar-refractivity contribution in [1.29, 1.82) is 0 Å². The van der Waals surface area contributed by atoms with Crippen molar-refractivity contribution in [3.05, 3.63) is 54.4 Å². The van der Waals surface area contributed by atoms with E-state index in [1.807, 2.05) is 30.3 Å². The molecule has 9 nitrogen and oxygen atoms in total. The number of hydrogen-bond donors (Lipinski definition) is 2. The fraction of sp³-hybridized carbons (Fsp3) is 0.500. The molecule has 2 heterocycles. The Bertz CT molecular complexity index is 924. The average molecular weight is 456 g/mol. The molecule has 2 unspecified atom stereocenters. The summed E-state index contributed by atoms with van der Waals surface area (Å²) in [6.07, 6.45) is 4.38. The number of nitrogens with one attached hydrogen (secondary N) is 2. The van der Waals surface area contributed by atoms with Gasteiger partial charge in [0.05, 0.1) is 5.92 Å². The Morgan fingerprint density at radius 2 is 1.85 bits per heavy atom. The molecular formula is C24H33N5O4. The lowest BCUT2D eigenvalue weighted by atomic mass is 9.95. The molecule has 2 aromatic rings. The number of piperidine rings is 1. The number of aromatic nitrogens is 2. The summed E-state index contributed by atoms with van der Waals surface area (Å²) < 4.78 is 6.83. The Morgan fingerprint density at radius 1 is 1.12 bits per heavy atom. The van der Waals surface area contributed by atoms with E-state index >= 15 is 0 Å². The lowest BCUT2D eigenvalue weighted by Crippen LogP contribution is -2.48. The topological polar surface area (TPSA) is 106 Å². The Kier molecular flexibility index (Phi) is 8.08.